The summed E-state index contributed by atoms with van der Waals surface area (Å²) in [4.78, 5) is 22.6. The number of hydrogen-bond donors (Lipinski definition) is 0. The number of Topliss-reactive ketones (excluding diaryl/α,β-unsaturated/α-hetero) is 1. The summed E-state index contributed by atoms with van der Waals surface area (Å²) in [7, 11) is 0. The Morgan fingerprint density at radius 1 is 0.793 bits per heavy atom. The van der Waals surface area contributed by atoms with Gasteiger partial charge >= 0.3 is 6.16 Å². The van der Waals surface area contributed by atoms with Crippen LogP contribution in [0, 0.1) is 23.7 Å². The monoisotopic (exact) mass is 406 g/mol. The van der Waals surface area contributed by atoms with Crippen LogP contribution in [0.5, 0.6) is 0 Å². The molecule has 0 aromatic heterocycles. The fourth-order valence-corrected chi connectivity index (χ4v) is 3.00. The van der Waals surface area contributed by atoms with Gasteiger partial charge in [-0.05, 0) is 49.7 Å². The van der Waals surface area contributed by atoms with Crippen LogP contribution in [0.4, 0.5) is 4.79 Å². The quantitative estimate of drug-likeness (QED) is 0.421. The van der Waals surface area contributed by atoms with E-state index in [0.717, 1.165) is 18.4 Å². The molecule has 1 unspecified atom stereocenters. The molecule has 0 aliphatic heterocycles. The Bertz CT molecular complexity index is 585. The van der Waals surface area contributed by atoms with Crippen molar-refractivity contribution in [1.29, 1.82) is 0 Å². The molecule has 1 rings (SSSR count). The fourth-order valence-electron chi connectivity index (χ4n) is 3.00. The third-order valence-corrected chi connectivity index (χ3v) is 4.24. The fraction of sp³-hybridized carbons (Fsp3) is 0.680. The first-order valence-corrected chi connectivity index (χ1v) is 10.9. The van der Waals surface area contributed by atoms with Gasteiger partial charge in [0.2, 0.25) is 0 Å². The van der Waals surface area contributed by atoms with E-state index in [0.29, 0.717) is 17.6 Å². The van der Waals surface area contributed by atoms with Gasteiger partial charge in [-0.3, -0.25) is 4.79 Å². The minimum atomic E-state index is -0.615. The molecule has 0 fully saturated rings. The zero-order valence-corrected chi connectivity index (χ0v) is 20.0. The van der Waals surface area contributed by atoms with Gasteiger partial charge < -0.3 is 9.47 Å². The molecule has 0 aliphatic rings. The van der Waals surface area contributed by atoms with Crippen LogP contribution in [0.3, 0.4) is 0 Å². The van der Waals surface area contributed by atoms with Crippen LogP contribution in [-0.2, 0) is 27.3 Å². The lowest BCUT2D eigenvalue weighted by molar-refractivity contribution is -0.125. The van der Waals surface area contributed by atoms with Crippen molar-refractivity contribution in [3.8, 4) is 0 Å². The number of hydrogen-bond acceptors (Lipinski definition) is 4. The van der Waals surface area contributed by atoms with Crippen molar-refractivity contribution in [3.63, 3.8) is 0 Å². The predicted octanol–water partition coefficient (Wildman–Crippen LogP) is 6.84. The molecule has 0 aliphatic carbocycles. The normalized spacial score (nSPS) is 12.0. The van der Waals surface area contributed by atoms with Crippen molar-refractivity contribution in [3.05, 3.63) is 35.4 Å². The van der Waals surface area contributed by atoms with Crippen molar-refractivity contribution in [1.82, 2.24) is 0 Å². The number of ketones is 1. The minimum Gasteiger partial charge on any atom is -0.432 e. The van der Waals surface area contributed by atoms with Gasteiger partial charge in [0.05, 0.1) is 6.10 Å². The van der Waals surface area contributed by atoms with Gasteiger partial charge in [-0.2, -0.15) is 0 Å². The Kier molecular flexibility index (Phi) is 13.3. The standard InChI is InChI=1S/C15H22O3.C10H20O/c1-11(2)9-13-5-7-14(8-6-13)10-17-15(16)18-12(3)4;1-7(2)6-9(5)10(11)8(3)4/h5-8,11-12H,9-10H2,1-4H3;7-9H,6H2,1-5H3. The highest BCUT2D eigenvalue weighted by atomic mass is 16.7. The van der Waals surface area contributed by atoms with E-state index >= 15 is 0 Å². The molecule has 0 saturated heterocycles. The van der Waals surface area contributed by atoms with Gasteiger partial charge in [-0.25, -0.2) is 4.79 Å². The average molecular weight is 407 g/mol. The highest BCUT2D eigenvalue weighted by molar-refractivity contribution is 5.82. The van der Waals surface area contributed by atoms with E-state index < -0.39 is 6.16 Å². The molecule has 4 heteroatoms. The molecule has 0 radical (unpaired) electrons. The Labute approximate surface area is 178 Å². The topological polar surface area (TPSA) is 52.6 Å². The lowest BCUT2D eigenvalue weighted by Crippen LogP contribution is -2.18. The summed E-state index contributed by atoms with van der Waals surface area (Å²) in [6, 6.07) is 8.12. The van der Waals surface area contributed by atoms with Crippen LogP contribution < -0.4 is 0 Å². The van der Waals surface area contributed by atoms with E-state index in [-0.39, 0.29) is 24.5 Å². The van der Waals surface area contributed by atoms with Crippen LogP contribution in [0.15, 0.2) is 24.3 Å². The molecule has 0 heterocycles. The minimum absolute atomic E-state index is 0.147. The summed E-state index contributed by atoms with van der Waals surface area (Å²) in [5.74, 6) is 2.12. The van der Waals surface area contributed by atoms with Gasteiger partial charge in [0.1, 0.15) is 12.4 Å². The Hall–Kier alpha value is -1.84. The van der Waals surface area contributed by atoms with Crippen LogP contribution >= 0.6 is 0 Å². The SMILES string of the molecule is CC(C)CC(C)C(=O)C(C)C.CC(C)Cc1ccc(COC(=O)OC(C)C)cc1. The lowest BCUT2D eigenvalue weighted by atomic mass is 9.90. The molecule has 1 atom stereocenters. The van der Waals surface area contributed by atoms with Crippen molar-refractivity contribution in [2.45, 2.75) is 87.9 Å². The van der Waals surface area contributed by atoms with Crippen molar-refractivity contribution in [2.24, 2.45) is 23.7 Å². The molecule has 4 nitrogen and oxygen atoms in total. The zero-order chi connectivity index (χ0) is 22.6. The van der Waals surface area contributed by atoms with Gasteiger partial charge in [0.25, 0.3) is 0 Å². The molecule has 0 amide bonds. The summed E-state index contributed by atoms with van der Waals surface area (Å²) in [5.41, 5.74) is 2.28. The Balaban J connectivity index is 0.000000614. The molecule has 1 aromatic carbocycles. The van der Waals surface area contributed by atoms with Gasteiger partial charge in [0, 0.05) is 11.8 Å². The maximum Gasteiger partial charge on any atom is 0.508 e. The third-order valence-electron chi connectivity index (χ3n) is 4.24. The van der Waals surface area contributed by atoms with E-state index in [1.807, 2.05) is 32.9 Å². The molecular formula is C25H42O4. The van der Waals surface area contributed by atoms with Crippen LogP contribution in [-0.4, -0.2) is 18.0 Å². The number of carbonyl (C=O) groups is 2. The van der Waals surface area contributed by atoms with Crippen molar-refractivity contribution in [2.75, 3.05) is 0 Å². The molecule has 166 valence electrons. The number of ether oxygens (including phenoxy) is 2. The number of carbonyl (C=O) groups excluding carboxylic acids is 2. The van der Waals surface area contributed by atoms with Crippen molar-refractivity contribution >= 4 is 11.9 Å². The second-order valence-electron chi connectivity index (χ2n) is 9.21. The maximum atomic E-state index is 11.4. The van der Waals surface area contributed by atoms with Crippen LogP contribution in [0.1, 0.15) is 79.9 Å². The van der Waals surface area contributed by atoms with Gasteiger partial charge in [-0.15, -0.1) is 0 Å². The summed E-state index contributed by atoms with van der Waals surface area (Å²) < 4.78 is 9.89. The molecule has 1 aromatic rings. The third kappa shape index (κ3) is 13.9. The highest BCUT2D eigenvalue weighted by Gasteiger charge is 2.16. The first-order chi connectivity index (χ1) is 13.4. The molecule has 0 spiro atoms. The Morgan fingerprint density at radius 3 is 1.72 bits per heavy atom. The predicted molar refractivity (Wildman–Crippen MR) is 120 cm³/mol. The second kappa shape index (κ2) is 14.2. The summed E-state index contributed by atoms with van der Waals surface area (Å²) in [6.07, 6.45) is 1.33. The number of rotatable bonds is 9. The average Bonchev–Trinajstić information content (AvgIpc) is 2.59. The summed E-state index contributed by atoms with van der Waals surface area (Å²) in [6.45, 7) is 18.5. The highest BCUT2D eigenvalue weighted by Crippen LogP contribution is 2.15. The summed E-state index contributed by atoms with van der Waals surface area (Å²) >= 11 is 0. The summed E-state index contributed by atoms with van der Waals surface area (Å²) in [5, 5.41) is 0. The van der Waals surface area contributed by atoms with E-state index in [4.69, 9.17) is 9.47 Å². The molecule has 0 bridgehead atoms. The number of benzene rings is 1. The van der Waals surface area contributed by atoms with E-state index in [1.165, 1.54) is 5.56 Å². The maximum absolute atomic E-state index is 11.4. The molecule has 0 N–H and O–H groups in total. The smallest absolute Gasteiger partial charge is 0.432 e. The van der Waals surface area contributed by atoms with Crippen molar-refractivity contribution < 1.29 is 19.1 Å². The zero-order valence-electron chi connectivity index (χ0n) is 20.0. The first kappa shape index (κ1) is 27.2. The van der Waals surface area contributed by atoms with Gasteiger partial charge in [0.15, 0.2) is 0 Å². The first-order valence-electron chi connectivity index (χ1n) is 10.9. The largest absolute Gasteiger partial charge is 0.508 e. The lowest BCUT2D eigenvalue weighted by Gasteiger charge is -2.14. The van der Waals surface area contributed by atoms with E-state index in [1.54, 1.807) is 13.8 Å². The van der Waals surface area contributed by atoms with E-state index in [9.17, 15) is 9.59 Å². The Morgan fingerprint density at radius 2 is 1.31 bits per heavy atom. The van der Waals surface area contributed by atoms with E-state index in [2.05, 4.69) is 39.8 Å². The molecular weight excluding hydrogens is 364 g/mol. The van der Waals surface area contributed by atoms with Gasteiger partial charge in [-0.1, -0.05) is 72.7 Å². The molecule has 29 heavy (non-hydrogen) atoms. The van der Waals surface area contributed by atoms with Crippen LogP contribution in [0.2, 0.25) is 0 Å². The van der Waals surface area contributed by atoms with Crippen LogP contribution in [0.25, 0.3) is 0 Å². The molecule has 0 saturated carbocycles. The second-order valence-corrected chi connectivity index (χ2v) is 9.21.